The van der Waals surface area contributed by atoms with Crippen LogP contribution in [-0.2, 0) is 29.6 Å². The third-order valence-corrected chi connectivity index (χ3v) is 10.5. The molecule has 238 valence electrons. The molecular formula is C30H37N3O9S2. The van der Waals surface area contributed by atoms with Gasteiger partial charge in [-0.3, -0.25) is 9.10 Å². The first-order valence-electron chi connectivity index (χ1n) is 13.9. The zero-order chi connectivity index (χ0) is 31.9. The molecule has 1 N–H and O–H groups in total. The Morgan fingerprint density at radius 2 is 1.48 bits per heavy atom. The minimum Gasteiger partial charge on any atom is -0.493 e. The number of aryl methyl sites for hydroxylation is 2. The number of morpholine rings is 1. The molecular weight excluding hydrogens is 610 g/mol. The number of hydrogen-bond acceptors (Lipinski definition) is 9. The van der Waals surface area contributed by atoms with Crippen molar-refractivity contribution in [1.29, 1.82) is 0 Å². The Bertz CT molecular complexity index is 1650. The van der Waals surface area contributed by atoms with Crippen molar-refractivity contribution in [2.45, 2.75) is 23.6 Å². The summed E-state index contributed by atoms with van der Waals surface area (Å²) in [6.07, 6.45) is 0. The maximum Gasteiger partial charge on any atom is 0.264 e. The maximum absolute atomic E-state index is 13.8. The van der Waals surface area contributed by atoms with Crippen molar-refractivity contribution < 1.29 is 40.6 Å². The van der Waals surface area contributed by atoms with Crippen LogP contribution in [0, 0.1) is 13.8 Å². The predicted octanol–water partition coefficient (Wildman–Crippen LogP) is 2.73. The van der Waals surface area contributed by atoms with Crippen LogP contribution in [0.15, 0.2) is 70.5 Å². The van der Waals surface area contributed by atoms with Crippen molar-refractivity contribution in [3.63, 3.8) is 0 Å². The Balaban J connectivity index is 1.42. The SMILES string of the molecule is COc1ccc(S(=O)(=O)N(CC(=O)NCCOc2ccc(S(=O)(=O)N3CCOCC3)cc2)c2cc(C)cc(C)c2)cc1OC. The summed E-state index contributed by atoms with van der Waals surface area (Å²) in [6.45, 7) is 4.70. The van der Waals surface area contributed by atoms with Gasteiger partial charge in [-0.2, -0.15) is 4.31 Å². The van der Waals surface area contributed by atoms with E-state index in [0.29, 0.717) is 43.5 Å². The molecule has 0 spiro atoms. The summed E-state index contributed by atoms with van der Waals surface area (Å²) in [6, 6.07) is 15.6. The molecule has 1 aliphatic heterocycles. The maximum atomic E-state index is 13.8. The van der Waals surface area contributed by atoms with Crippen molar-refractivity contribution in [2.75, 3.05) is 64.5 Å². The van der Waals surface area contributed by atoms with Crippen LogP contribution >= 0.6 is 0 Å². The van der Waals surface area contributed by atoms with E-state index in [1.807, 2.05) is 19.9 Å². The molecule has 14 heteroatoms. The Kier molecular flexibility index (Phi) is 10.7. The number of methoxy groups -OCH3 is 2. The van der Waals surface area contributed by atoms with E-state index in [0.717, 1.165) is 15.4 Å². The fraction of sp³-hybridized carbons (Fsp3) is 0.367. The van der Waals surface area contributed by atoms with Gasteiger partial charge in [-0.15, -0.1) is 0 Å². The summed E-state index contributed by atoms with van der Waals surface area (Å²) < 4.78 is 77.2. The normalized spacial score (nSPS) is 14.1. The van der Waals surface area contributed by atoms with E-state index in [4.69, 9.17) is 18.9 Å². The number of rotatable bonds is 13. The fourth-order valence-electron chi connectivity index (χ4n) is 4.70. The number of ether oxygens (including phenoxy) is 4. The first-order chi connectivity index (χ1) is 20.9. The second kappa shape index (κ2) is 14.3. The number of amides is 1. The van der Waals surface area contributed by atoms with E-state index in [1.54, 1.807) is 24.3 Å². The molecule has 1 heterocycles. The molecule has 12 nitrogen and oxygen atoms in total. The standard InChI is InChI=1S/C30H37N3O9S2/c1-22-17-23(2)19-24(18-22)33(44(37,38)27-9-10-28(39-3)29(20-27)40-4)21-30(34)31-11-14-42-25-5-7-26(8-6-25)43(35,36)32-12-15-41-16-13-32/h5-10,17-20H,11-16,21H2,1-4H3,(H,31,34). The molecule has 0 bridgehead atoms. The van der Waals surface area contributed by atoms with E-state index in [9.17, 15) is 21.6 Å². The van der Waals surface area contributed by atoms with Crippen LogP contribution in [0.3, 0.4) is 0 Å². The molecule has 1 amide bonds. The molecule has 0 aromatic heterocycles. The van der Waals surface area contributed by atoms with Gasteiger partial charge in [0.05, 0.1) is 49.5 Å². The lowest BCUT2D eigenvalue weighted by Crippen LogP contribution is -2.42. The number of anilines is 1. The van der Waals surface area contributed by atoms with Gasteiger partial charge in [0, 0.05) is 19.2 Å². The Morgan fingerprint density at radius 3 is 2.09 bits per heavy atom. The third kappa shape index (κ3) is 7.80. The van der Waals surface area contributed by atoms with Crippen LogP contribution in [0.2, 0.25) is 0 Å². The van der Waals surface area contributed by atoms with Crippen molar-refractivity contribution >= 4 is 31.6 Å². The molecule has 1 aliphatic rings. The number of sulfonamides is 2. The predicted molar refractivity (Wildman–Crippen MR) is 165 cm³/mol. The summed E-state index contributed by atoms with van der Waals surface area (Å²) >= 11 is 0. The van der Waals surface area contributed by atoms with Gasteiger partial charge >= 0.3 is 0 Å². The molecule has 0 unspecified atom stereocenters. The van der Waals surface area contributed by atoms with E-state index in [1.165, 1.54) is 48.9 Å². The Morgan fingerprint density at radius 1 is 0.864 bits per heavy atom. The minimum atomic E-state index is -4.19. The van der Waals surface area contributed by atoms with Crippen LogP contribution in [-0.4, -0.2) is 87.3 Å². The molecule has 44 heavy (non-hydrogen) atoms. The average molecular weight is 648 g/mol. The quantitative estimate of drug-likeness (QED) is 0.277. The molecule has 3 aromatic carbocycles. The highest BCUT2D eigenvalue weighted by molar-refractivity contribution is 7.92. The second-order valence-electron chi connectivity index (χ2n) is 10.1. The highest BCUT2D eigenvalue weighted by Crippen LogP contribution is 2.32. The first kappa shape index (κ1) is 33.1. The summed E-state index contributed by atoms with van der Waals surface area (Å²) in [5.41, 5.74) is 2.02. The molecule has 0 saturated carbocycles. The summed E-state index contributed by atoms with van der Waals surface area (Å²) in [5, 5.41) is 2.70. The molecule has 1 fully saturated rings. The first-order valence-corrected chi connectivity index (χ1v) is 16.7. The van der Waals surface area contributed by atoms with Gasteiger partial charge in [-0.1, -0.05) is 6.07 Å². The molecule has 4 rings (SSSR count). The lowest BCUT2D eigenvalue weighted by Gasteiger charge is -2.26. The summed E-state index contributed by atoms with van der Waals surface area (Å²) in [5.74, 6) is 0.495. The van der Waals surface area contributed by atoms with Crippen LogP contribution in [0.4, 0.5) is 5.69 Å². The van der Waals surface area contributed by atoms with Gasteiger partial charge in [0.1, 0.15) is 18.9 Å². The van der Waals surface area contributed by atoms with E-state index in [-0.39, 0.29) is 28.7 Å². The molecule has 0 radical (unpaired) electrons. The summed E-state index contributed by atoms with van der Waals surface area (Å²) in [7, 11) is -4.95. The van der Waals surface area contributed by atoms with Gasteiger partial charge < -0.3 is 24.3 Å². The second-order valence-corrected chi connectivity index (χ2v) is 13.9. The van der Waals surface area contributed by atoms with Gasteiger partial charge in [0.2, 0.25) is 15.9 Å². The van der Waals surface area contributed by atoms with Crippen molar-refractivity contribution in [3.8, 4) is 17.2 Å². The lowest BCUT2D eigenvalue weighted by molar-refractivity contribution is -0.119. The average Bonchev–Trinajstić information content (AvgIpc) is 3.01. The lowest BCUT2D eigenvalue weighted by atomic mass is 10.1. The highest BCUT2D eigenvalue weighted by Gasteiger charge is 2.29. The third-order valence-electron chi connectivity index (χ3n) is 6.85. The summed E-state index contributed by atoms with van der Waals surface area (Å²) in [4.78, 5) is 13.1. The van der Waals surface area contributed by atoms with Crippen LogP contribution in [0.25, 0.3) is 0 Å². The number of carbonyl (C=O) groups is 1. The molecule has 1 saturated heterocycles. The largest absolute Gasteiger partial charge is 0.493 e. The number of carbonyl (C=O) groups excluding carboxylic acids is 1. The van der Waals surface area contributed by atoms with E-state index >= 15 is 0 Å². The number of hydrogen-bond donors (Lipinski definition) is 1. The van der Waals surface area contributed by atoms with E-state index in [2.05, 4.69) is 5.32 Å². The van der Waals surface area contributed by atoms with Gasteiger partial charge in [0.25, 0.3) is 10.0 Å². The Labute approximate surface area is 258 Å². The van der Waals surface area contributed by atoms with Crippen LogP contribution in [0.5, 0.6) is 17.2 Å². The van der Waals surface area contributed by atoms with Crippen molar-refractivity contribution in [1.82, 2.24) is 9.62 Å². The van der Waals surface area contributed by atoms with Crippen molar-refractivity contribution in [2.24, 2.45) is 0 Å². The minimum absolute atomic E-state index is 0.0653. The van der Waals surface area contributed by atoms with Crippen molar-refractivity contribution in [3.05, 3.63) is 71.8 Å². The topological polar surface area (TPSA) is 141 Å². The zero-order valence-corrected chi connectivity index (χ0v) is 26.7. The smallest absolute Gasteiger partial charge is 0.264 e. The van der Waals surface area contributed by atoms with Crippen LogP contribution in [0.1, 0.15) is 11.1 Å². The molecule has 3 aromatic rings. The van der Waals surface area contributed by atoms with E-state index < -0.39 is 32.5 Å². The zero-order valence-electron chi connectivity index (χ0n) is 25.1. The van der Waals surface area contributed by atoms with Gasteiger partial charge in [-0.05, 0) is 73.5 Å². The van der Waals surface area contributed by atoms with Crippen LogP contribution < -0.4 is 23.8 Å². The highest BCUT2D eigenvalue weighted by atomic mass is 32.2. The van der Waals surface area contributed by atoms with Gasteiger partial charge in [0.15, 0.2) is 11.5 Å². The number of nitrogens with zero attached hydrogens (tertiary/aromatic N) is 2. The Hall–Kier alpha value is -3.85. The molecule has 0 atom stereocenters. The fourth-order valence-corrected chi connectivity index (χ4v) is 7.53. The number of nitrogens with one attached hydrogen (secondary N) is 1. The number of benzene rings is 3. The monoisotopic (exact) mass is 647 g/mol. The molecule has 0 aliphatic carbocycles. The van der Waals surface area contributed by atoms with Gasteiger partial charge in [-0.25, -0.2) is 16.8 Å².